The number of rotatable bonds is 7. The van der Waals surface area contributed by atoms with Crippen LogP contribution < -0.4 is 5.32 Å². The topological polar surface area (TPSA) is 66.4 Å². The number of halogens is 3. The van der Waals surface area contributed by atoms with Gasteiger partial charge >= 0.3 is 6.18 Å². The van der Waals surface area contributed by atoms with E-state index in [2.05, 4.69) is 5.32 Å². The first-order chi connectivity index (χ1) is 8.12. The second-order valence-electron chi connectivity index (χ2n) is 3.92. The highest BCUT2D eigenvalue weighted by Gasteiger charge is 2.25. The van der Waals surface area contributed by atoms with E-state index in [0.717, 1.165) is 0 Å². The van der Waals surface area contributed by atoms with Crippen LogP contribution in [0, 0.1) is 0 Å². The highest BCUT2D eigenvalue weighted by Crippen LogP contribution is 2.22. The molecule has 0 aliphatic heterocycles. The molecule has 0 spiro atoms. The highest BCUT2D eigenvalue weighted by molar-refractivity contribution is 7.85. The van der Waals surface area contributed by atoms with Crippen molar-refractivity contribution >= 4 is 10.1 Å². The lowest BCUT2D eigenvalue weighted by molar-refractivity contribution is -0.135. The lowest BCUT2D eigenvalue weighted by Crippen LogP contribution is -2.06. The van der Waals surface area contributed by atoms with Gasteiger partial charge in [0.25, 0.3) is 10.1 Å². The largest absolute Gasteiger partial charge is 0.389 e. The van der Waals surface area contributed by atoms with Crippen molar-refractivity contribution in [3.63, 3.8) is 0 Å². The summed E-state index contributed by atoms with van der Waals surface area (Å²) in [7, 11) is -0.170. The first-order valence-electron chi connectivity index (χ1n) is 5.73. The van der Waals surface area contributed by atoms with Crippen LogP contribution in [0.1, 0.15) is 38.5 Å². The summed E-state index contributed by atoms with van der Waals surface area (Å²) in [6, 6.07) is 0. The minimum absolute atomic E-state index is 0.0787. The van der Waals surface area contributed by atoms with Crippen molar-refractivity contribution in [3.8, 4) is 0 Å². The van der Waals surface area contributed by atoms with Crippen molar-refractivity contribution < 1.29 is 26.1 Å². The molecule has 0 aromatic carbocycles. The van der Waals surface area contributed by atoms with Crippen molar-refractivity contribution in [2.45, 2.75) is 44.7 Å². The molecule has 0 amide bonds. The molecular formula is C10H22F3NO3S. The number of unbranched alkanes of at least 4 members (excludes halogenated alkanes) is 4. The number of hydrogen-bond donors (Lipinski definition) is 2. The Morgan fingerprint density at radius 1 is 1.00 bits per heavy atom. The summed E-state index contributed by atoms with van der Waals surface area (Å²) in [5, 5.41) is 2.75. The lowest BCUT2D eigenvalue weighted by Gasteiger charge is -2.05. The van der Waals surface area contributed by atoms with Gasteiger partial charge in [-0.2, -0.15) is 21.6 Å². The molecule has 0 saturated carbocycles. The maximum absolute atomic E-state index is 11.7. The summed E-state index contributed by atoms with van der Waals surface area (Å²) in [5.41, 5.74) is 0. The zero-order valence-electron chi connectivity index (χ0n) is 10.8. The van der Waals surface area contributed by atoms with Crippen LogP contribution in [0.4, 0.5) is 13.2 Å². The molecule has 2 N–H and O–H groups in total. The molecule has 0 unspecified atom stereocenters. The first-order valence-corrected chi connectivity index (χ1v) is 7.33. The lowest BCUT2D eigenvalue weighted by atomic mass is 10.1. The third-order valence-electron chi connectivity index (χ3n) is 1.86. The number of nitrogens with one attached hydrogen (secondary N) is 1. The van der Waals surface area contributed by atoms with Crippen LogP contribution in [0.3, 0.4) is 0 Å². The Labute approximate surface area is 107 Å². The van der Waals surface area contributed by atoms with Crippen LogP contribution in [0.25, 0.3) is 0 Å². The predicted molar refractivity (Wildman–Crippen MR) is 65.2 cm³/mol. The SMILES string of the molecule is CNC.O=S(=O)(O)CCCCCCCC(F)(F)F. The number of alkyl halides is 3. The molecule has 18 heavy (non-hydrogen) atoms. The van der Waals surface area contributed by atoms with Crippen molar-refractivity contribution in [2.75, 3.05) is 19.8 Å². The fourth-order valence-electron chi connectivity index (χ4n) is 1.14. The van der Waals surface area contributed by atoms with Gasteiger partial charge in [0, 0.05) is 6.42 Å². The molecule has 112 valence electrons. The second-order valence-corrected chi connectivity index (χ2v) is 5.49. The summed E-state index contributed by atoms with van der Waals surface area (Å²) < 4.78 is 63.9. The molecule has 4 nitrogen and oxygen atoms in total. The van der Waals surface area contributed by atoms with Gasteiger partial charge in [0.2, 0.25) is 0 Å². The molecule has 8 heteroatoms. The van der Waals surface area contributed by atoms with E-state index in [9.17, 15) is 21.6 Å². The van der Waals surface area contributed by atoms with Crippen molar-refractivity contribution in [2.24, 2.45) is 0 Å². The third kappa shape index (κ3) is 24.8. The Hall–Kier alpha value is -0.340. The summed E-state index contributed by atoms with van der Waals surface area (Å²) in [4.78, 5) is 0. The zero-order chi connectivity index (χ0) is 14.7. The Kier molecular flexibility index (Phi) is 11.7. The normalized spacial score (nSPS) is 11.9. The van der Waals surface area contributed by atoms with E-state index in [1.807, 2.05) is 14.1 Å². The predicted octanol–water partition coefficient (Wildman–Crippen LogP) is 2.61. The summed E-state index contributed by atoms with van der Waals surface area (Å²) in [6.07, 6.45) is -2.99. The van der Waals surface area contributed by atoms with Crippen molar-refractivity contribution in [1.82, 2.24) is 5.32 Å². The molecule has 0 aromatic heterocycles. The van der Waals surface area contributed by atoms with Crippen LogP contribution >= 0.6 is 0 Å². The van der Waals surface area contributed by atoms with Gasteiger partial charge in [-0.1, -0.05) is 19.3 Å². The molecule has 0 aromatic rings. The molecule has 0 rings (SSSR count). The third-order valence-corrected chi connectivity index (χ3v) is 2.67. The van der Waals surface area contributed by atoms with Crippen molar-refractivity contribution in [3.05, 3.63) is 0 Å². The molecule has 0 bridgehead atoms. The molecule has 0 radical (unpaired) electrons. The molecule has 0 saturated heterocycles. The van der Waals surface area contributed by atoms with E-state index >= 15 is 0 Å². The quantitative estimate of drug-likeness (QED) is 0.559. The maximum atomic E-state index is 11.7. The van der Waals surface area contributed by atoms with E-state index in [-0.39, 0.29) is 12.2 Å². The first kappa shape index (κ1) is 20.0. The summed E-state index contributed by atoms with van der Waals surface area (Å²) >= 11 is 0. The molecule has 0 aliphatic carbocycles. The van der Waals surface area contributed by atoms with Gasteiger partial charge in [-0.15, -0.1) is 0 Å². The van der Waals surface area contributed by atoms with Gasteiger partial charge < -0.3 is 5.32 Å². The minimum Gasteiger partial charge on any atom is -0.323 e. The average Bonchev–Trinajstić information content (AvgIpc) is 2.14. The van der Waals surface area contributed by atoms with Gasteiger partial charge in [0.05, 0.1) is 5.75 Å². The molecule has 0 fully saturated rings. The van der Waals surface area contributed by atoms with Gasteiger partial charge in [0.15, 0.2) is 0 Å². The Morgan fingerprint density at radius 3 is 1.78 bits per heavy atom. The Balaban J connectivity index is 0. The Morgan fingerprint density at radius 2 is 1.39 bits per heavy atom. The minimum atomic E-state index is -4.10. The van der Waals surface area contributed by atoms with Crippen molar-refractivity contribution in [1.29, 1.82) is 0 Å². The van der Waals surface area contributed by atoms with E-state index in [1.54, 1.807) is 0 Å². The average molecular weight is 293 g/mol. The second kappa shape index (κ2) is 10.6. The van der Waals surface area contributed by atoms with Crippen LogP contribution in [-0.4, -0.2) is 39.0 Å². The van der Waals surface area contributed by atoms with Crippen LogP contribution in [0.5, 0.6) is 0 Å². The van der Waals surface area contributed by atoms with E-state index in [1.165, 1.54) is 0 Å². The van der Waals surface area contributed by atoms with Gasteiger partial charge in [0.1, 0.15) is 0 Å². The smallest absolute Gasteiger partial charge is 0.323 e. The van der Waals surface area contributed by atoms with Crippen LogP contribution in [0.15, 0.2) is 0 Å². The summed E-state index contributed by atoms with van der Waals surface area (Å²) in [6.45, 7) is 0. The maximum Gasteiger partial charge on any atom is 0.389 e. The Bertz CT molecular complexity index is 279. The number of hydrogen-bond acceptors (Lipinski definition) is 3. The van der Waals surface area contributed by atoms with E-state index in [4.69, 9.17) is 4.55 Å². The molecule has 0 aliphatic rings. The highest BCUT2D eigenvalue weighted by atomic mass is 32.2. The standard InChI is InChI=1S/C8H15F3O3S.C2H7N/c9-8(10,11)6-4-2-1-3-5-7-15(12,13)14;1-3-2/h1-7H2,(H,12,13,14);3H,1-2H3. The molecule has 0 atom stereocenters. The molecule has 0 heterocycles. The monoisotopic (exact) mass is 293 g/mol. The van der Waals surface area contributed by atoms with Crippen LogP contribution in [0.2, 0.25) is 0 Å². The van der Waals surface area contributed by atoms with Gasteiger partial charge in [-0.05, 0) is 26.9 Å². The van der Waals surface area contributed by atoms with E-state index < -0.39 is 22.7 Å². The zero-order valence-corrected chi connectivity index (χ0v) is 11.6. The fourth-order valence-corrected chi connectivity index (χ4v) is 1.71. The summed E-state index contributed by atoms with van der Waals surface area (Å²) in [5.74, 6) is -0.313. The van der Waals surface area contributed by atoms with Crippen LogP contribution in [-0.2, 0) is 10.1 Å². The van der Waals surface area contributed by atoms with Gasteiger partial charge in [-0.3, -0.25) is 4.55 Å². The van der Waals surface area contributed by atoms with E-state index in [0.29, 0.717) is 25.7 Å². The molecular weight excluding hydrogens is 271 g/mol. The fraction of sp³-hybridized carbons (Fsp3) is 1.00. The van der Waals surface area contributed by atoms with Gasteiger partial charge in [-0.25, -0.2) is 0 Å².